The largest absolute Gasteiger partial charge is 0.446 e. The quantitative estimate of drug-likeness (QED) is 0.597. The molecule has 0 amide bonds. The fraction of sp³-hybridized carbons (Fsp3) is 0.750. The minimum Gasteiger partial charge on any atom is -0.446 e. The summed E-state index contributed by atoms with van der Waals surface area (Å²) in [6, 6.07) is 0. The Morgan fingerprint density at radius 1 is 1.21 bits per heavy atom. The molecule has 0 aliphatic rings. The standard InChI is InChI=1S/C8H14N2O4/c1-7-9-8(14-10-7)13-6-5-12-4-3-11-2/h3-6H2,1-2H3. The fourth-order valence-electron chi connectivity index (χ4n) is 0.769. The molecule has 14 heavy (non-hydrogen) atoms. The molecule has 0 saturated carbocycles. The molecule has 0 aliphatic carbocycles. The molecule has 0 atom stereocenters. The van der Waals surface area contributed by atoms with Crippen LogP contribution in [0.3, 0.4) is 0 Å². The van der Waals surface area contributed by atoms with Gasteiger partial charge in [-0.25, -0.2) is 0 Å². The van der Waals surface area contributed by atoms with Gasteiger partial charge in [0.05, 0.1) is 19.8 Å². The van der Waals surface area contributed by atoms with Gasteiger partial charge in [0, 0.05) is 7.11 Å². The lowest BCUT2D eigenvalue weighted by Crippen LogP contribution is -2.10. The summed E-state index contributed by atoms with van der Waals surface area (Å²) in [5, 5.41) is 3.57. The molecule has 0 bridgehead atoms. The third kappa shape index (κ3) is 4.20. The van der Waals surface area contributed by atoms with Gasteiger partial charge in [-0.3, -0.25) is 4.52 Å². The third-order valence-corrected chi connectivity index (χ3v) is 1.39. The average molecular weight is 202 g/mol. The van der Waals surface area contributed by atoms with Gasteiger partial charge in [0.25, 0.3) is 0 Å². The van der Waals surface area contributed by atoms with E-state index in [-0.39, 0.29) is 6.08 Å². The SMILES string of the molecule is COCCOCCOc1nc(C)no1. The number of ether oxygens (including phenoxy) is 3. The van der Waals surface area contributed by atoms with Crippen molar-refractivity contribution in [2.45, 2.75) is 6.92 Å². The first-order valence-electron chi connectivity index (χ1n) is 4.32. The molecule has 0 radical (unpaired) electrons. The van der Waals surface area contributed by atoms with Gasteiger partial charge in [-0.05, 0) is 6.92 Å². The number of hydrogen-bond acceptors (Lipinski definition) is 6. The highest BCUT2D eigenvalue weighted by atomic mass is 16.6. The molecule has 1 aromatic rings. The number of aryl methyl sites for hydroxylation is 1. The normalized spacial score (nSPS) is 10.4. The Morgan fingerprint density at radius 3 is 2.64 bits per heavy atom. The van der Waals surface area contributed by atoms with Crippen molar-refractivity contribution < 1.29 is 18.7 Å². The Bertz CT molecular complexity index is 251. The monoisotopic (exact) mass is 202 g/mol. The van der Waals surface area contributed by atoms with Gasteiger partial charge < -0.3 is 14.2 Å². The van der Waals surface area contributed by atoms with Crippen molar-refractivity contribution in [1.29, 1.82) is 0 Å². The predicted octanol–water partition coefficient (Wildman–Crippen LogP) is 0.420. The first-order chi connectivity index (χ1) is 6.83. The van der Waals surface area contributed by atoms with E-state index < -0.39 is 0 Å². The van der Waals surface area contributed by atoms with Gasteiger partial charge in [-0.2, -0.15) is 4.98 Å². The van der Waals surface area contributed by atoms with Crippen LogP contribution in [-0.4, -0.2) is 43.7 Å². The Balaban J connectivity index is 1.99. The zero-order chi connectivity index (χ0) is 10.2. The molecule has 0 unspecified atom stereocenters. The van der Waals surface area contributed by atoms with Crippen molar-refractivity contribution in [3.8, 4) is 6.08 Å². The number of aromatic nitrogens is 2. The van der Waals surface area contributed by atoms with Gasteiger partial charge in [0.15, 0.2) is 5.82 Å². The van der Waals surface area contributed by atoms with Crippen LogP contribution < -0.4 is 4.74 Å². The van der Waals surface area contributed by atoms with Crippen molar-refractivity contribution in [2.75, 3.05) is 33.5 Å². The zero-order valence-corrected chi connectivity index (χ0v) is 8.36. The Morgan fingerprint density at radius 2 is 2.00 bits per heavy atom. The van der Waals surface area contributed by atoms with Crippen molar-refractivity contribution in [2.24, 2.45) is 0 Å². The van der Waals surface area contributed by atoms with E-state index in [4.69, 9.17) is 18.7 Å². The molecule has 0 aromatic carbocycles. The Kier molecular flexibility index (Phi) is 4.95. The van der Waals surface area contributed by atoms with Crippen LogP contribution >= 0.6 is 0 Å². The van der Waals surface area contributed by atoms with Crippen LogP contribution in [0.5, 0.6) is 6.08 Å². The van der Waals surface area contributed by atoms with Crippen LogP contribution in [0.2, 0.25) is 0 Å². The van der Waals surface area contributed by atoms with Crippen molar-refractivity contribution in [3.05, 3.63) is 5.82 Å². The molecule has 0 spiro atoms. The summed E-state index contributed by atoms with van der Waals surface area (Å²) >= 11 is 0. The van der Waals surface area contributed by atoms with Gasteiger partial charge in [-0.15, -0.1) is 0 Å². The fourth-order valence-corrected chi connectivity index (χ4v) is 0.769. The van der Waals surface area contributed by atoms with Crippen LogP contribution in [0.25, 0.3) is 0 Å². The Labute approximate surface area is 82.1 Å². The summed E-state index contributed by atoms with van der Waals surface area (Å²) in [4.78, 5) is 3.86. The molecular formula is C8H14N2O4. The highest BCUT2D eigenvalue weighted by molar-refractivity contribution is 4.86. The van der Waals surface area contributed by atoms with E-state index in [1.54, 1.807) is 14.0 Å². The van der Waals surface area contributed by atoms with Crippen LogP contribution in [0.4, 0.5) is 0 Å². The van der Waals surface area contributed by atoms with E-state index in [0.29, 0.717) is 32.3 Å². The number of rotatable bonds is 7. The zero-order valence-electron chi connectivity index (χ0n) is 8.36. The molecule has 0 fully saturated rings. The summed E-state index contributed by atoms with van der Waals surface area (Å²) in [7, 11) is 1.63. The second-order valence-electron chi connectivity index (χ2n) is 2.56. The second-order valence-corrected chi connectivity index (χ2v) is 2.56. The van der Waals surface area contributed by atoms with Crippen LogP contribution in [0, 0.1) is 6.92 Å². The molecule has 6 nitrogen and oxygen atoms in total. The maximum Gasteiger partial charge on any atom is 0.417 e. The summed E-state index contributed by atoms with van der Waals surface area (Å²) < 4.78 is 19.8. The minimum atomic E-state index is 0.179. The van der Waals surface area contributed by atoms with Crippen LogP contribution in [0.1, 0.15) is 5.82 Å². The first kappa shape index (κ1) is 10.9. The first-order valence-corrected chi connectivity index (χ1v) is 4.32. The minimum absolute atomic E-state index is 0.179. The van der Waals surface area contributed by atoms with Crippen molar-refractivity contribution in [1.82, 2.24) is 10.1 Å². The second kappa shape index (κ2) is 6.33. The average Bonchev–Trinajstić information content (AvgIpc) is 2.58. The molecule has 1 aromatic heterocycles. The van der Waals surface area contributed by atoms with E-state index in [1.807, 2.05) is 0 Å². The molecule has 0 N–H and O–H groups in total. The van der Waals surface area contributed by atoms with Gasteiger partial charge in [0.1, 0.15) is 6.61 Å². The molecular weight excluding hydrogens is 188 g/mol. The topological polar surface area (TPSA) is 66.6 Å². The van der Waals surface area contributed by atoms with E-state index in [0.717, 1.165) is 0 Å². The van der Waals surface area contributed by atoms with Gasteiger partial charge in [0.2, 0.25) is 0 Å². The lowest BCUT2D eigenvalue weighted by molar-refractivity contribution is 0.0475. The number of methoxy groups -OCH3 is 1. The molecule has 1 rings (SSSR count). The van der Waals surface area contributed by atoms with Crippen molar-refractivity contribution in [3.63, 3.8) is 0 Å². The highest BCUT2D eigenvalue weighted by Crippen LogP contribution is 2.04. The van der Waals surface area contributed by atoms with Gasteiger partial charge >= 0.3 is 6.08 Å². The van der Waals surface area contributed by atoms with E-state index in [9.17, 15) is 0 Å². The predicted molar refractivity (Wildman–Crippen MR) is 47.2 cm³/mol. The Hall–Kier alpha value is -1.14. The van der Waals surface area contributed by atoms with Crippen LogP contribution in [0.15, 0.2) is 4.52 Å². The van der Waals surface area contributed by atoms with Gasteiger partial charge in [-0.1, -0.05) is 5.16 Å². The van der Waals surface area contributed by atoms with Crippen LogP contribution in [-0.2, 0) is 9.47 Å². The summed E-state index contributed by atoms with van der Waals surface area (Å²) in [5.74, 6) is 0.556. The van der Waals surface area contributed by atoms with Crippen molar-refractivity contribution >= 4 is 0 Å². The maximum atomic E-state index is 5.16. The lowest BCUT2D eigenvalue weighted by atomic mass is 10.7. The third-order valence-electron chi connectivity index (χ3n) is 1.39. The lowest BCUT2D eigenvalue weighted by Gasteiger charge is -2.02. The summed E-state index contributed by atoms with van der Waals surface area (Å²) in [5.41, 5.74) is 0. The highest BCUT2D eigenvalue weighted by Gasteiger charge is 2.01. The number of hydrogen-bond donors (Lipinski definition) is 0. The van der Waals surface area contributed by atoms with E-state index >= 15 is 0 Å². The number of nitrogens with zero attached hydrogens (tertiary/aromatic N) is 2. The summed E-state index contributed by atoms with van der Waals surface area (Å²) in [6.07, 6.45) is 0.179. The molecule has 0 saturated heterocycles. The molecule has 1 heterocycles. The van der Waals surface area contributed by atoms with E-state index in [1.165, 1.54) is 0 Å². The molecule has 0 aliphatic heterocycles. The molecule has 80 valence electrons. The smallest absolute Gasteiger partial charge is 0.417 e. The molecule has 6 heteroatoms. The summed E-state index contributed by atoms with van der Waals surface area (Å²) in [6.45, 7) is 3.74. The van der Waals surface area contributed by atoms with E-state index in [2.05, 4.69) is 10.1 Å². The maximum absolute atomic E-state index is 5.16.